The molecule has 4 N–H and O–H groups in total. The monoisotopic (exact) mass is 326 g/mol. The van der Waals surface area contributed by atoms with Crippen LogP contribution in [0.1, 0.15) is 6.92 Å². The van der Waals surface area contributed by atoms with E-state index in [0.717, 1.165) is 5.39 Å². The largest absolute Gasteiger partial charge is 0.383 e. The van der Waals surface area contributed by atoms with Crippen LogP contribution >= 0.6 is 0 Å². The number of anilines is 2. The first-order chi connectivity index (χ1) is 11.6. The second-order valence-corrected chi connectivity index (χ2v) is 5.46. The minimum absolute atomic E-state index is 0.0109. The molecule has 0 aromatic carbocycles. The van der Waals surface area contributed by atoms with Crippen molar-refractivity contribution >= 4 is 22.5 Å². The molecular weight excluding hydrogens is 308 g/mol. The summed E-state index contributed by atoms with van der Waals surface area (Å²) in [7, 11) is 1.62. The van der Waals surface area contributed by atoms with Crippen molar-refractivity contribution in [1.29, 1.82) is 0 Å². The summed E-state index contributed by atoms with van der Waals surface area (Å²) in [6.07, 6.45) is 4.81. The molecule has 0 radical (unpaired) electrons. The molecule has 0 saturated carbocycles. The molecule has 0 aliphatic heterocycles. The molecule has 0 fully saturated rings. The van der Waals surface area contributed by atoms with E-state index in [-0.39, 0.29) is 17.5 Å². The van der Waals surface area contributed by atoms with E-state index in [2.05, 4.69) is 25.3 Å². The molecule has 0 unspecified atom stereocenters. The van der Waals surface area contributed by atoms with Crippen molar-refractivity contribution < 1.29 is 4.74 Å². The summed E-state index contributed by atoms with van der Waals surface area (Å²) >= 11 is 0. The van der Waals surface area contributed by atoms with E-state index in [1.165, 1.54) is 0 Å². The fourth-order valence-corrected chi connectivity index (χ4v) is 2.46. The van der Waals surface area contributed by atoms with E-state index >= 15 is 0 Å². The molecule has 0 saturated heterocycles. The molecule has 3 heterocycles. The molecule has 3 aromatic rings. The number of hydrogen-bond donors (Lipinski definition) is 3. The van der Waals surface area contributed by atoms with Crippen LogP contribution in [-0.2, 0) is 4.74 Å². The van der Waals surface area contributed by atoms with Crippen molar-refractivity contribution in [3.8, 4) is 11.3 Å². The summed E-state index contributed by atoms with van der Waals surface area (Å²) in [4.78, 5) is 27.5. The third kappa shape index (κ3) is 3.18. The maximum Gasteiger partial charge on any atom is 0.259 e. The number of ether oxygens (including phenoxy) is 1. The second-order valence-electron chi connectivity index (χ2n) is 5.46. The van der Waals surface area contributed by atoms with Gasteiger partial charge < -0.3 is 20.8 Å². The third-order valence-electron chi connectivity index (χ3n) is 3.52. The van der Waals surface area contributed by atoms with Gasteiger partial charge in [-0.3, -0.25) is 4.79 Å². The van der Waals surface area contributed by atoms with Crippen LogP contribution in [0.4, 0.5) is 11.8 Å². The van der Waals surface area contributed by atoms with Crippen molar-refractivity contribution in [1.82, 2.24) is 19.9 Å². The number of nitrogens with zero attached hydrogens (tertiary/aromatic N) is 3. The lowest BCUT2D eigenvalue weighted by Gasteiger charge is -2.16. The number of aromatic nitrogens is 4. The number of fused-ring (bicyclic) bond motifs is 1. The average Bonchev–Trinajstić information content (AvgIpc) is 2.55. The Hall–Kier alpha value is -3.00. The first-order valence-corrected chi connectivity index (χ1v) is 7.44. The summed E-state index contributed by atoms with van der Waals surface area (Å²) in [5.41, 5.74) is 6.70. The minimum atomic E-state index is -0.202. The smallest absolute Gasteiger partial charge is 0.259 e. The van der Waals surface area contributed by atoms with Gasteiger partial charge in [0.25, 0.3) is 5.56 Å². The van der Waals surface area contributed by atoms with Crippen LogP contribution in [0, 0.1) is 0 Å². The molecule has 3 aromatic heterocycles. The lowest BCUT2D eigenvalue weighted by molar-refractivity contribution is 0.190. The van der Waals surface area contributed by atoms with Gasteiger partial charge in [0.1, 0.15) is 5.82 Å². The molecular formula is C16H18N6O2. The number of nitrogen functional groups attached to an aromatic ring is 1. The minimum Gasteiger partial charge on any atom is -0.383 e. The highest BCUT2D eigenvalue weighted by molar-refractivity contribution is 5.93. The Morgan fingerprint density at radius 3 is 2.83 bits per heavy atom. The second kappa shape index (κ2) is 6.63. The van der Waals surface area contributed by atoms with E-state index in [1.807, 2.05) is 19.1 Å². The van der Waals surface area contributed by atoms with Gasteiger partial charge in [0.2, 0.25) is 5.95 Å². The third-order valence-corrected chi connectivity index (χ3v) is 3.52. The Morgan fingerprint density at radius 2 is 2.12 bits per heavy atom. The van der Waals surface area contributed by atoms with Gasteiger partial charge >= 0.3 is 0 Å². The summed E-state index contributed by atoms with van der Waals surface area (Å²) in [6.45, 7) is 2.44. The first kappa shape index (κ1) is 15.9. The number of nitrogens with two attached hydrogens (primary N) is 1. The molecule has 124 valence electrons. The van der Waals surface area contributed by atoms with Crippen LogP contribution in [0.25, 0.3) is 22.0 Å². The van der Waals surface area contributed by atoms with Crippen molar-refractivity contribution in [2.45, 2.75) is 13.0 Å². The van der Waals surface area contributed by atoms with E-state index in [1.54, 1.807) is 25.7 Å². The van der Waals surface area contributed by atoms with Gasteiger partial charge in [-0.1, -0.05) is 0 Å². The molecule has 0 amide bonds. The maximum atomic E-state index is 12.2. The highest BCUT2D eigenvalue weighted by atomic mass is 16.5. The maximum absolute atomic E-state index is 12.2. The summed E-state index contributed by atoms with van der Waals surface area (Å²) in [5.74, 6) is 0.689. The summed E-state index contributed by atoms with van der Waals surface area (Å²) in [6, 6.07) is 3.64. The number of H-pyrrole nitrogens is 1. The van der Waals surface area contributed by atoms with Crippen molar-refractivity contribution in [2.24, 2.45) is 0 Å². The Morgan fingerprint density at radius 1 is 1.38 bits per heavy atom. The number of aromatic amines is 1. The Bertz CT molecular complexity index is 907. The molecule has 0 aliphatic rings. The predicted octanol–water partition coefficient (Wildman–Crippen LogP) is 1.41. The zero-order valence-electron chi connectivity index (χ0n) is 13.4. The molecule has 3 rings (SSSR count). The topological polar surface area (TPSA) is 119 Å². The lowest BCUT2D eigenvalue weighted by atomic mass is 10.1. The van der Waals surface area contributed by atoms with Gasteiger partial charge in [-0.2, -0.15) is 0 Å². The molecule has 0 spiro atoms. The molecule has 8 nitrogen and oxygen atoms in total. The number of rotatable bonds is 5. The lowest BCUT2D eigenvalue weighted by Crippen LogP contribution is -2.23. The number of pyridine rings is 2. The zero-order valence-corrected chi connectivity index (χ0v) is 13.4. The van der Waals surface area contributed by atoms with Gasteiger partial charge in [-0.15, -0.1) is 0 Å². The number of nitrogens with one attached hydrogen (secondary N) is 2. The Labute approximate surface area is 138 Å². The predicted molar refractivity (Wildman–Crippen MR) is 92.8 cm³/mol. The van der Waals surface area contributed by atoms with Crippen LogP contribution in [0.15, 0.2) is 35.5 Å². The van der Waals surface area contributed by atoms with Gasteiger partial charge in [0, 0.05) is 37.3 Å². The number of methoxy groups -OCH3 is 1. The first-order valence-electron chi connectivity index (χ1n) is 7.44. The van der Waals surface area contributed by atoms with Crippen LogP contribution < -0.4 is 16.6 Å². The van der Waals surface area contributed by atoms with E-state index in [0.29, 0.717) is 29.1 Å². The fourth-order valence-electron chi connectivity index (χ4n) is 2.46. The van der Waals surface area contributed by atoms with E-state index in [9.17, 15) is 4.79 Å². The van der Waals surface area contributed by atoms with Crippen LogP contribution in [0.5, 0.6) is 0 Å². The highest BCUT2D eigenvalue weighted by Crippen LogP contribution is 2.25. The average molecular weight is 326 g/mol. The summed E-state index contributed by atoms with van der Waals surface area (Å²) in [5, 5.41) is 4.50. The molecule has 0 bridgehead atoms. The Kier molecular flexibility index (Phi) is 4.39. The van der Waals surface area contributed by atoms with Crippen molar-refractivity contribution in [3.63, 3.8) is 0 Å². The van der Waals surface area contributed by atoms with Crippen molar-refractivity contribution in [3.05, 3.63) is 41.1 Å². The molecule has 0 aliphatic carbocycles. The van der Waals surface area contributed by atoms with E-state index < -0.39 is 0 Å². The van der Waals surface area contributed by atoms with Gasteiger partial charge in [-0.05, 0) is 24.4 Å². The van der Waals surface area contributed by atoms with Crippen LogP contribution in [0.3, 0.4) is 0 Å². The molecule has 8 heteroatoms. The highest BCUT2D eigenvalue weighted by Gasteiger charge is 2.13. The fraction of sp³-hybridized carbons (Fsp3) is 0.250. The van der Waals surface area contributed by atoms with E-state index in [4.69, 9.17) is 10.5 Å². The van der Waals surface area contributed by atoms with Gasteiger partial charge in [-0.25, -0.2) is 15.0 Å². The van der Waals surface area contributed by atoms with Gasteiger partial charge in [0.15, 0.2) is 0 Å². The summed E-state index contributed by atoms with van der Waals surface area (Å²) < 4.78 is 5.14. The molecule has 24 heavy (non-hydrogen) atoms. The molecule has 1 atom stereocenters. The van der Waals surface area contributed by atoms with Crippen molar-refractivity contribution in [2.75, 3.05) is 24.8 Å². The normalized spacial score (nSPS) is 12.2. The standard InChI is InChI=1S/C16H18N6O2/c1-9(8-24-2)21-14-13-10(3-4-18-15(13)23)5-12(22-14)11-6-19-16(17)20-7-11/h3-7,9H,8H2,1-2H3,(H,18,23)(H,21,22)(H2,17,19,20)/t9-/m0/s1. The Balaban J connectivity index is 2.15. The van der Waals surface area contributed by atoms with Gasteiger partial charge in [0.05, 0.1) is 17.7 Å². The number of hydrogen-bond acceptors (Lipinski definition) is 7. The quantitative estimate of drug-likeness (QED) is 0.648. The van der Waals surface area contributed by atoms with Crippen LogP contribution in [0.2, 0.25) is 0 Å². The van der Waals surface area contributed by atoms with Crippen LogP contribution in [-0.4, -0.2) is 39.7 Å². The SMILES string of the molecule is COC[C@H](C)Nc1nc(-c2cnc(N)nc2)cc2cc[nH]c(=O)c12. The zero-order chi connectivity index (χ0) is 17.1.